The Kier molecular flexibility index (Phi) is 6.16. The quantitative estimate of drug-likeness (QED) is 0.601. The van der Waals surface area contributed by atoms with Gasteiger partial charge in [-0.25, -0.2) is 4.98 Å². The monoisotopic (exact) mass is 301 g/mol. The van der Waals surface area contributed by atoms with E-state index in [0.29, 0.717) is 13.3 Å². The molecule has 22 heavy (non-hydrogen) atoms. The molecule has 0 bridgehead atoms. The van der Waals surface area contributed by atoms with Crippen LogP contribution in [-0.4, -0.2) is 22.9 Å². The molecule has 2 aromatic rings. The fourth-order valence-electron chi connectivity index (χ4n) is 2.72. The van der Waals surface area contributed by atoms with E-state index in [1.165, 1.54) is 16.7 Å². The molecule has 0 aliphatic carbocycles. The largest absolute Gasteiger partial charge is 0.364 e. The summed E-state index contributed by atoms with van der Waals surface area (Å²) in [5, 5.41) is 3.38. The van der Waals surface area contributed by atoms with Gasteiger partial charge in [-0.15, -0.1) is 0 Å². The number of benzene rings is 1. The second kappa shape index (κ2) is 8.11. The number of hydrogen-bond acceptors (Lipinski definition) is 3. The molecule has 1 aromatic heterocycles. The molecule has 0 radical (unpaired) electrons. The van der Waals surface area contributed by atoms with Crippen molar-refractivity contribution < 1.29 is 4.74 Å². The van der Waals surface area contributed by atoms with Crippen molar-refractivity contribution in [2.45, 2.75) is 47.2 Å². The molecular weight excluding hydrogens is 274 g/mol. The van der Waals surface area contributed by atoms with Crippen LogP contribution in [0.4, 0.5) is 0 Å². The minimum absolute atomic E-state index is 0.574. The van der Waals surface area contributed by atoms with Crippen LogP contribution in [0.3, 0.4) is 0 Å². The lowest BCUT2D eigenvalue weighted by atomic mass is 10.0. The van der Waals surface area contributed by atoms with Crippen LogP contribution in [0.25, 0.3) is 0 Å². The first-order valence-corrected chi connectivity index (χ1v) is 7.98. The number of aromatic nitrogens is 2. The highest BCUT2D eigenvalue weighted by molar-refractivity contribution is 5.34. The molecule has 1 heterocycles. The topological polar surface area (TPSA) is 39.1 Å². The third-order valence-electron chi connectivity index (χ3n) is 3.97. The van der Waals surface area contributed by atoms with E-state index in [1.807, 2.05) is 13.8 Å². The van der Waals surface area contributed by atoms with Crippen molar-refractivity contribution in [3.05, 3.63) is 52.6 Å². The molecule has 120 valence electrons. The second-order valence-corrected chi connectivity index (χ2v) is 5.67. The highest BCUT2D eigenvalue weighted by atomic mass is 16.5. The highest BCUT2D eigenvalue weighted by Crippen LogP contribution is 2.14. The molecule has 1 N–H and O–H groups in total. The fourth-order valence-corrected chi connectivity index (χ4v) is 2.72. The van der Waals surface area contributed by atoms with Gasteiger partial charge >= 0.3 is 0 Å². The molecule has 0 aliphatic rings. The van der Waals surface area contributed by atoms with Gasteiger partial charge < -0.3 is 9.30 Å². The molecule has 0 amide bonds. The van der Waals surface area contributed by atoms with E-state index < -0.39 is 0 Å². The molecule has 4 heteroatoms. The molecule has 0 spiro atoms. The molecule has 2 rings (SSSR count). The van der Waals surface area contributed by atoms with Gasteiger partial charge in [0.05, 0.1) is 19.0 Å². The molecule has 1 aromatic carbocycles. The summed E-state index contributed by atoms with van der Waals surface area (Å²) < 4.78 is 7.81. The normalized spacial score (nSPS) is 11.1. The first-order valence-electron chi connectivity index (χ1n) is 7.98. The van der Waals surface area contributed by atoms with Gasteiger partial charge in [-0.2, -0.15) is 0 Å². The van der Waals surface area contributed by atoms with Crippen LogP contribution in [0.1, 0.15) is 35.1 Å². The van der Waals surface area contributed by atoms with Crippen molar-refractivity contribution in [2.24, 2.45) is 0 Å². The lowest BCUT2D eigenvalue weighted by Crippen LogP contribution is -2.20. The Balaban J connectivity index is 1.71. The number of aryl methyl sites for hydroxylation is 4. The summed E-state index contributed by atoms with van der Waals surface area (Å²) in [6, 6.07) is 6.50. The molecule has 0 fully saturated rings. The lowest BCUT2D eigenvalue weighted by molar-refractivity contribution is 0.108. The maximum atomic E-state index is 5.68. The third kappa shape index (κ3) is 4.42. The van der Waals surface area contributed by atoms with Crippen molar-refractivity contribution in [2.75, 3.05) is 13.3 Å². The van der Waals surface area contributed by atoms with Gasteiger partial charge in [0, 0.05) is 19.3 Å². The zero-order valence-electron chi connectivity index (χ0n) is 14.1. The van der Waals surface area contributed by atoms with Crippen LogP contribution in [0, 0.1) is 20.8 Å². The number of ether oxygens (including phenoxy) is 1. The average Bonchev–Trinajstić information content (AvgIpc) is 2.81. The number of nitrogens with zero attached hydrogens (tertiary/aromatic N) is 2. The summed E-state index contributed by atoms with van der Waals surface area (Å²) in [5.74, 6) is 1.04. The molecule has 0 atom stereocenters. The van der Waals surface area contributed by atoms with Gasteiger partial charge in [0.1, 0.15) is 5.82 Å². The zero-order valence-corrected chi connectivity index (χ0v) is 14.1. The van der Waals surface area contributed by atoms with Crippen molar-refractivity contribution >= 4 is 0 Å². The van der Waals surface area contributed by atoms with E-state index in [4.69, 9.17) is 4.74 Å². The van der Waals surface area contributed by atoms with Crippen molar-refractivity contribution in [1.29, 1.82) is 0 Å². The van der Waals surface area contributed by atoms with Crippen LogP contribution in [0.2, 0.25) is 0 Å². The van der Waals surface area contributed by atoms with E-state index in [-0.39, 0.29) is 0 Å². The summed E-state index contributed by atoms with van der Waals surface area (Å²) in [7, 11) is 0. The van der Waals surface area contributed by atoms with Gasteiger partial charge in [-0.05, 0) is 43.9 Å². The van der Waals surface area contributed by atoms with E-state index in [0.717, 1.165) is 31.0 Å². The fraction of sp³-hybridized carbons (Fsp3) is 0.500. The first-order chi connectivity index (χ1) is 10.6. The summed E-state index contributed by atoms with van der Waals surface area (Å²) in [4.78, 5) is 4.39. The van der Waals surface area contributed by atoms with Gasteiger partial charge in [0.15, 0.2) is 0 Å². The Bertz CT molecular complexity index is 604. The number of imidazole rings is 1. The van der Waals surface area contributed by atoms with Crippen molar-refractivity contribution in [3.63, 3.8) is 0 Å². The van der Waals surface area contributed by atoms with Crippen LogP contribution < -0.4 is 5.32 Å². The van der Waals surface area contributed by atoms with Crippen LogP contribution in [-0.2, 0) is 24.2 Å². The van der Waals surface area contributed by atoms with Gasteiger partial charge in [0.25, 0.3) is 0 Å². The van der Waals surface area contributed by atoms with E-state index >= 15 is 0 Å². The molecule has 0 saturated carbocycles. The predicted molar refractivity (Wildman–Crippen MR) is 89.9 cm³/mol. The van der Waals surface area contributed by atoms with Crippen LogP contribution in [0.15, 0.2) is 24.4 Å². The number of rotatable bonds is 8. The van der Waals surface area contributed by atoms with Gasteiger partial charge in [-0.1, -0.05) is 25.1 Å². The Hall–Kier alpha value is -1.65. The van der Waals surface area contributed by atoms with Gasteiger partial charge in [-0.3, -0.25) is 5.32 Å². The molecular formula is C18H27N3O. The van der Waals surface area contributed by atoms with E-state index in [2.05, 4.69) is 53.1 Å². The van der Waals surface area contributed by atoms with Crippen LogP contribution in [0.5, 0.6) is 0 Å². The standard InChI is InChI=1S/C18H27N3O/c1-5-17-8-6-7-14(2)18(17)11-19-13-22-10-9-21-12-15(3)20-16(21)4/h6-8,12,19H,5,9-11,13H2,1-4H3. The Labute approximate surface area is 133 Å². The molecule has 0 unspecified atom stereocenters. The number of nitrogens with one attached hydrogen (secondary N) is 1. The predicted octanol–water partition coefficient (Wildman–Crippen LogP) is 3.13. The van der Waals surface area contributed by atoms with Gasteiger partial charge in [0.2, 0.25) is 0 Å². The molecule has 0 aliphatic heterocycles. The average molecular weight is 301 g/mol. The van der Waals surface area contributed by atoms with E-state index in [9.17, 15) is 0 Å². The summed E-state index contributed by atoms with van der Waals surface area (Å²) >= 11 is 0. The Morgan fingerprint density at radius 3 is 2.73 bits per heavy atom. The Morgan fingerprint density at radius 1 is 1.23 bits per heavy atom. The van der Waals surface area contributed by atoms with E-state index in [1.54, 1.807) is 0 Å². The third-order valence-corrected chi connectivity index (χ3v) is 3.97. The Morgan fingerprint density at radius 2 is 2.05 bits per heavy atom. The summed E-state index contributed by atoms with van der Waals surface area (Å²) in [6.45, 7) is 11.4. The number of hydrogen-bond donors (Lipinski definition) is 1. The molecule has 0 saturated heterocycles. The van der Waals surface area contributed by atoms with Crippen molar-refractivity contribution in [3.8, 4) is 0 Å². The second-order valence-electron chi connectivity index (χ2n) is 5.67. The summed E-state index contributed by atoms with van der Waals surface area (Å²) in [6.07, 6.45) is 3.13. The maximum Gasteiger partial charge on any atom is 0.105 e. The first kappa shape index (κ1) is 16.7. The SMILES string of the molecule is CCc1cccc(C)c1CNCOCCn1cc(C)nc1C. The minimum atomic E-state index is 0.574. The highest BCUT2D eigenvalue weighted by Gasteiger charge is 2.03. The zero-order chi connectivity index (χ0) is 15.9. The minimum Gasteiger partial charge on any atom is -0.364 e. The summed E-state index contributed by atoms with van der Waals surface area (Å²) in [5.41, 5.74) is 5.21. The maximum absolute atomic E-state index is 5.68. The smallest absolute Gasteiger partial charge is 0.105 e. The van der Waals surface area contributed by atoms with Crippen LogP contribution >= 0.6 is 0 Å². The lowest BCUT2D eigenvalue weighted by Gasteiger charge is -2.13. The molecule has 4 nitrogen and oxygen atoms in total. The van der Waals surface area contributed by atoms with Crippen molar-refractivity contribution in [1.82, 2.24) is 14.9 Å².